The summed E-state index contributed by atoms with van der Waals surface area (Å²) in [5.41, 5.74) is 0.857. The molecule has 3 heterocycles. The molecule has 11 heteroatoms. The Balaban J connectivity index is 1.63. The average molecular weight is 470 g/mol. The van der Waals surface area contributed by atoms with Crippen LogP contribution in [-0.2, 0) is 9.59 Å². The highest BCUT2D eigenvalue weighted by Gasteiger charge is 2.56. The third kappa shape index (κ3) is 3.04. The lowest BCUT2D eigenvalue weighted by Gasteiger charge is -2.30. The number of thioether (sulfide) groups is 1. The number of nitro groups is 1. The Labute approximate surface area is 189 Å². The Morgan fingerprint density at radius 2 is 1.78 bits per heavy atom. The van der Waals surface area contributed by atoms with Crippen molar-refractivity contribution in [1.29, 1.82) is 0 Å². The molecule has 0 aliphatic carbocycles. The van der Waals surface area contributed by atoms with Crippen LogP contribution in [0, 0.1) is 16.0 Å². The van der Waals surface area contributed by atoms with Crippen LogP contribution in [0.25, 0.3) is 0 Å². The molecule has 0 saturated carbocycles. The number of hydrogen-bond acceptors (Lipinski definition) is 8. The van der Waals surface area contributed by atoms with Gasteiger partial charge in [-0.1, -0.05) is 41.3 Å². The van der Waals surface area contributed by atoms with Gasteiger partial charge in [-0.2, -0.15) is 0 Å². The molecule has 1 aromatic heterocycles. The van der Waals surface area contributed by atoms with E-state index in [1.807, 2.05) is 18.2 Å². The van der Waals surface area contributed by atoms with Gasteiger partial charge >= 0.3 is 4.87 Å². The van der Waals surface area contributed by atoms with Crippen molar-refractivity contribution in [2.45, 2.75) is 16.2 Å². The van der Waals surface area contributed by atoms with Crippen molar-refractivity contribution >= 4 is 46.3 Å². The van der Waals surface area contributed by atoms with Crippen LogP contribution in [0.5, 0.6) is 5.75 Å². The number of ether oxygens (including phenoxy) is 1. The van der Waals surface area contributed by atoms with Crippen molar-refractivity contribution in [1.82, 2.24) is 4.98 Å². The van der Waals surface area contributed by atoms with Gasteiger partial charge in [-0.05, 0) is 18.2 Å². The van der Waals surface area contributed by atoms with E-state index in [0.29, 0.717) is 21.2 Å². The lowest BCUT2D eigenvalue weighted by Crippen LogP contribution is -2.32. The highest BCUT2D eigenvalue weighted by Crippen LogP contribution is 2.54. The number of thiazole rings is 1. The quantitative estimate of drug-likeness (QED) is 0.354. The zero-order valence-electron chi connectivity index (χ0n) is 16.5. The third-order valence-corrected chi connectivity index (χ3v) is 8.02. The zero-order valence-corrected chi connectivity index (χ0v) is 18.1. The van der Waals surface area contributed by atoms with Gasteiger partial charge in [0.1, 0.15) is 11.0 Å². The van der Waals surface area contributed by atoms with E-state index in [4.69, 9.17) is 4.74 Å². The number of fused-ring (bicyclic) bond motifs is 2. The number of para-hydroxylation sites is 1. The van der Waals surface area contributed by atoms with E-state index in [-0.39, 0.29) is 16.2 Å². The molecule has 3 atom stereocenters. The van der Waals surface area contributed by atoms with Crippen molar-refractivity contribution < 1.29 is 19.2 Å². The first-order chi connectivity index (χ1) is 15.4. The highest BCUT2D eigenvalue weighted by atomic mass is 32.2. The molecule has 0 unspecified atom stereocenters. The predicted molar refractivity (Wildman–Crippen MR) is 119 cm³/mol. The SMILES string of the molecule is COc1ccccc1[C@@H]1c2sc(=O)[nH]c2S[C@H]2C(=O)N(c3ccc([N+](=O)[O-])cc3)C(=O)[C@@H]12. The van der Waals surface area contributed by atoms with Crippen LogP contribution in [0.1, 0.15) is 16.4 Å². The van der Waals surface area contributed by atoms with Gasteiger partial charge in [-0.3, -0.25) is 24.5 Å². The number of rotatable bonds is 4. The number of nitro benzene ring substituents is 1. The molecule has 162 valence electrons. The number of hydrogen-bond donors (Lipinski definition) is 1. The Morgan fingerprint density at radius 3 is 2.47 bits per heavy atom. The molecule has 3 aromatic rings. The monoisotopic (exact) mass is 469 g/mol. The maximum atomic E-state index is 13.6. The summed E-state index contributed by atoms with van der Waals surface area (Å²) < 4.78 is 5.51. The summed E-state index contributed by atoms with van der Waals surface area (Å²) in [6.07, 6.45) is 0. The first kappa shape index (κ1) is 20.5. The van der Waals surface area contributed by atoms with Gasteiger partial charge in [-0.15, -0.1) is 0 Å². The van der Waals surface area contributed by atoms with E-state index < -0.39 is 33.8 Å². The number of imide groups is 1. The third-order valence-electron chi connectivity index (χ3n) is 5.62. The van der Waals surface area contributed by atoms with Crippen LogP contribution in [-0.4, -0.2) is 34.1 Å². The van der Waals surface area contributed by atoms with Gasteiger partial charge in [0.15, 0.2) is 0 Å². The molecule has 1 saturated heterocycles. The summed E-state index contributed by atoms with van der Waals surface area (Å²) >= 11 is 2.19. The first-order valence-electron chi connectivity index (χ1n) is 9.55. The lowest BCUT2D eigenvalue weighted by molar-refractivity contribution is -0.384. The number of carbonyl (C=O) groups is 2. The fourth-order valence-corrected chi connectivity index (χ4v) is 6.76. The van der Waals surface area contributed by atoms with Crippen LogP contribution in [0.3, 0.4) is 0 Å². The Bertz CT molecular complexity index is 1320. The lowest BCUT2D eigenvalue weighted by atomic mass is 9.82. The molecule has 2 amide bonds. The molecule has 2 aliphatic rings. The van der Waals surface area contributed by atoms with Gasteiger partial charge in [-0.25, -0.2) is 4.90 Å². The summed E-state index contributed by atoms with van der Waals surface area (Å²) in [6, 6.07) is 12.5. The molecule has 2 aromatic carbocycles. The standard InChI is InChI=1S/C21H15N3O6S2/c1-30-13-5-3-2-4-12(13)14-15-17(31-18-16(14)32-21(27)22-18)20(26)23(19(15)25)10-6-8-11(9-7-10)24(28)29/h2-9,14-15,17H,1H3,(H,22,27)/t14-,15-,17+/m0/s1. The number of aromatic amines is 1. The van der Waals surface area contributed by atoms with Crippen molar-refractivity contribution in [3.05, 3.63) is 78.8 Å². The van der Waals surface area contributed by atoms with Gasteiger partial charge in [0.05, 0.1) is 28.7 Å². The Morgan fingerprint density at radius 1 is 1.06 bits per heavy atom. The molecule has 2 aliphatic heterocycles. The van der Waals surface area contributed by atoms with Crippen molar-refractivity contribution in [3.63, 3.8) is 0 Å². The normalized spacial score (nSPS) is 21.9. The van der Waals surface area contributed by atoms with Crippen LogP contribution in [0.4, 0.5) is 11.4 Å². The molecular formula is C21H15N3O6S2. The number of H-pyrrole nitrogens is 1. The van der Waals surface area contributed by atoms with E-state index in [9.17, 15) is 24.5 Å². The van der Waals surface area contributed by atoms with E-state index in [1.165, 1.54) is 43.1 Å². The van der Waals surface area contributed by atoms with Crippen LogP contribution in [0.2, 0.25) is 0 Å². The molecule has 1 N–H and O–H groups in total. The number of amides is 2. The van der Waals surface area contributed by atoms with Crippen molar-refractivity contribution in [3.8, 4) is 5.75 Å². The maximum absolute atomic E-state index is 13.6. The molecule has 32 heavy (non-hydrogen) atoms. The van der Waals surface area contributed by atoms with E-state index in [2.05, 4.69) is 4.98 Å². The smallest absolute Gasteiger partial charge is 0.305 e. The molecule has 5 rings (SSSR count). The fraction of sp³-hybridized carbons (Fsp3) is 0.190. The van der Waals surface area contributed by atoms with Gasteiger partial charge < -0.3 is 9.72 Å². The summed E-state index contributed by atoms with van der Waals surface area (Å²) in [4.78, 5) is 53.8. The zero-order chi connectivity index (χ0) is 22.6. The number of aromatic nitrogens is 1. The number of methoxy groups -OCH3 is 1. The van der Waals surface area contributed by atoms with Crippen LogP contribution >= 0.6 is 23.1 Å². The van der Waals surface area contributed by atoms with Crippen molar-refractivity contribution in [2.24, 2.45) is 5.92 Å². The van der Waals surface area contributed by atoms with E-state index >= 15 is 0 Å². The first-order valence-corrected chi connectivity index (χ1v) is 11.2. The number of carbonyl (C=O) groups excluding carboxylic acids is 2. The van der Waals surface area contributed by atoms with E-state index in [1.54, 1.807) is 6.07 Å². The number of benzene rings is 2. The second-order valence-electron chi connectivity index (χ2n) is 7.28. The largest absolute Gasteiger partial charge is 0.496 e. The molecule has 0 radical (unpaired) electrons. The Hall–Kier alpha value is -3.44. The number of non-ortho nitro benzene ring substituents is 1. The summed E-state index contributed by atoms with van der Waals surface area (Å²) in [7, 11) is 1.53. The minimum absolute atomic E-state index is 0.133. The average Bonchev–Trinajstić information content (AvgIpc) is 3.28. The minimum Gasteiger partial charge on any atom is -0.496 e. The highest BCUT2D eigenvalue weighted by molar-refractivity contribution is 8.00. The van der Waals surface area contributed by atoms with Gasteiger partial charge in [0.25, 0.3) is 5.69 Å². The van der Waals surface area contributed by atoms with Crippen molar-refractivity contribution in [2.75, 3.05) is 12.0 Å². The number of anilines is 1. The van der Waals surface area contributed by atoms with Gasteiger partial charge in [0.2, 0.25) is 11.8 Å². The molecule has 1 fully saturated rings. The molecular weight excluding hydrogens is 454 g/mol. The van der Waals surface area contributed by atoms with E-state index in [0.717, 1.165) is 16.2 Å². The fourth-order valence-electron chi connectivity index (χ4n) is 4.25. The second-order valence-corrected chi connectivity index (χ2v) is 9.44. The molecule has 0 spiro atoms. The molecule has 0 bridgehead atoms. The minimum atomic E-state index is -0.752. The predicted octanol–water partition coefficient (Wildman–Crippen LogP) is 3.15. The topological polar surface area (TPSA) is 123 Å². The Kier molecular flexibility index (Phi) is 4.86. The summed E-state index contributed by atoms with van der Waals surface area (Å²) in [5.74, 6) is -1.57. The number of nitrogens with one attached hydrogen (secondary N) is 1. The van der Waals surface area contributed by atoms with Crippen LogP contribution in [0.15, 0.2) is 58.4 Å². The summed E-state index contributed by atoms with van der Waals surface area (Å²) in [5, 5.41) is 10.8. The second kappa shape index (κ2) is 7.61. The number of nitrogens with zero attached hydrogens (tertiary/aromatic N) is 2. The molecule has 9 nitrogen and oxygen atoms in total. The van der Waals surface area contributed by atoms with Crippen LogP contribution < -0.4 is 14.5 Å². The maximum Gasteiger partial charge on any atom is 0.305 e. The van der Waals surface area contributed by atoms with Gasteiger partial charge in [0, 0.05) is 28.5 Å². The summed E-state index contributed by atoms with van der Waals surface area (Å²) in [6.45, 7) is 0.